The van der Waals surface area contributed by atoms with Crippen molar-refractivity contribution in [3.63, 3.8) is 0 Å². The van der Waals surface area contributed by atoms with Crippen LogP contribution in [-0.4, -0.2) is 18.0 Å². The van der Waals surface area contributed by atoms with Gasteiger partial charge < -0.3 is 9.15 Å². The highest BCUT2D eigenvalue weighted by Gasteiger charge is 2.14. The number of nitrogens with zero attached hydrogens (tertiary/aromatic N) is 1. The number of hydrogen-bond acceptors (Lipinski definition) is 6. The molecule has 7 heteroatoms. The molecule has 0 aliphatic heterocycles. The lowest BCUT2D eigenvalue weighted by Crippen LogP contribution is -2.10. The first-order chi connectivity index (χ1) is 10.3. The highest BCUT2D eigenvalue weighted by Crippen LogP contribution is 2.28. The average Bonchev–Trinajstić information content (AvgIpc) is 3.20. The smallest absolute Gasteiger partial charge is 0.293 e. The second kappa shape index (κ2) is 6.21. The lowest BCUT2D eigenvalue weighted by Gasteiger charge is -1.98. The van der Waals surface area contributed by atoms with Gasteiger partial charge in [-0.1, -0.05) is 6.07 Å². The molecule has 3 rings (SSSR count). The van der Waals surface area contributed by atoms with Gasteiger partial charge in [0.05, 0.1) is 10.6 Å². The van der Waals surface area contributed by atoms with Gasteiger partial charge in [0.25, 0.3) is 5.91 Å². The number of carbonyl (C=O) groups is 1. The maximum absolute atomic E-state index is 12.1. The second-order valence-electron chi connectivity index (χ2n) is 4.17. The molecule has 0 radical (unpaired) electrons. The summed E-state index contributed by atoms with van der Waals surface area (Å²) in [6.45, 7) is 0.340. The summed E-state index contributed by atoms with van der Waals surface area (Å²) in [5.74, 6) is 0.542. The molecule has 1 N–H and O–H groups in total. The highest BCUT2D eigenvalue weighted by molar-refractivity contribution is 7.16. The average molecular weight is 320 g/mol. The number of thiophene rings is 1. The van der Waals surface area contributed by atoms with E-state index in [0.717, 1.165) is 10.6 Å². The van der Waals surface area contributed by atoms with Crippen molar-refractivity contribution in [2.24, 2.45) is 0 Å². The summed E-state index contributed by atoms with van der Waals surface area (Å²) in [5.41, 5.74) is 0.866. The molecular formula is C14H12N2O3S2. The number of furan rings is 1. The molecule has 0 aliphatic carbocycles. The Balaban J connectivity index is 1.69. The molecule has 0 fully saturated rings. The molecule has 0 atom stereocenters. The first-order valence-electron chi connectivity index (χ1n) is 6.14. The number of methoxy groups -OCH3 is 1. The van der Waals surface area contributed by atoms with Crippen LogP contribution in [0.2, 0.25) is 0 Å². The Morgan fingerprint density at radius 1 is 1.38 bits per heavy atom. The third kappa shape index (κ3) is 3.21. The van der Waals surface area contributed by atoms with E-state index < -0.39 is 0 Å². The molecule has 0 saturated heterocycles. The molecule has 1 amide bonds. The van der Waals surface area contributed by atoms with Gasteiger partial charge in [-0.3, -0.25) is 10.1 Å². The molecule has 21 heavy (non-hydrogen) atoms. The van der Waals surface area contributed by atoms with E-state index in [4.69, 9.17) is 9.15 Å². The number of thiazole rings is 1. The van der Waals surface area contributed by atoms with E-state index in [2.05, 4.69) is 10.3 Å². The monoisotopic (exact) mass is 320 g/mol. The maximum Gasteiger partial charge on any atom is 0.293 e. The fraction of sp³-hybridized carbons (Fsp3) is 0.143. The van der Waals surface area contributed by atoms with E-state index in [-0.39, 0.29) is 11.7 Å². The predicted molar refractivity (Wildman–Crippen MR) is 82.8 cm³/mol. The zero-order chi connectivity index (χ0) is 14.7. The first kappa shape index (κ1) is 14.0. The van der Waals surface area contributed by atoms with Crippen LogP contribution < -0.4 is 5.32 Å². The summed E-state index contributed by atoms with van der Waals surface area (Å²) in [6, 6.07) is 7.31. The van der Waals surface area contributed by atoms with Gasteiger partial charge in [0.15, 0.2) is 10.9 Å². The predicted octanol–water partition coefficient (Wildman–Crippen LogP) is 3.86. The van der Waals surface area contributed by atoms with E-state index in [1.807, 2.05) is 22.9 Å². The summed E-state index contributed by atoms with van der Waals surface area (Å²) >= 11 is 3.00. The Kier molecular flexibility index (Phi) is 4.14. The molecule has 0 spiro atoms. The van der Waals surface area contributed by atoms with Gasteiger partial charge >= 0.3 is 0 Å². The number of carbonyl (C=O) groups excluding carboxylic acids is 1. The molecule has 5 nitrogen and oxygen atoms in total. The summed E-state index contributed by atoms with van der Waals surface area (Å²) in [6.07, 6.45) is 0. The van der Waals surface area contributed by atoms with Gasteiger partial charge in [0, 0.05) is 12.5 Å². The molecule has 3 aromatic heterocycles. The van der Waals surface area contributed by atoms with E-state index in [1.54, 1.807) is 30.6 Å². The molecule has 0 aromatic carbocycles. The van der Waals surface area contributed by atoms with E-state index >= 15 is 0 Å². The normalized spacial score (nSPS) is 10.7. The second-order valence-corrected chi connectivity index (χ2v) is 5.97. The minimum atomic E-state index is -0.315. The number of hydrogen-bond donors (Lipinski definition) is 1. The Hall–Kier alpha value is -1.96. The van der Waals surface area contributed by atoms with E-state index in [9.17, 15) is 4.79 Å². The molecular weight excluding hydrogens is 308 g/mol. The SMILES string of the molecule is COCc1ccc(C(=O)Nc2nc(-c3cccs3)cs2)o1. The van der Waals surface area contributed by atoms with Gasteiger partial charge in [-0.25, -0.2) is 4.98 Å². The minimum absolute atomic E-state index is 0.245. The quantitative estimate of drug-likeness (QED) is 0.775. The fourth-order valence-electron chi connectivity index (χ4n) is 1.75. The van der Waals surface area contributed by atoms with Crippen molar-refractivity contribution in [1.82, 2.24) is 4.98 Å². The number of ether oxygens (including phenoxy) is 1. The van der Waals surface area contributed by atoms with Crippen molar-refractivity contribution < 1.29 is 13.9 Å². The first-order valence-corrected chi connectivity index (χ1v) is 7.90. The van der Waals surface area contributed by atoms with Gasteiger partial charge in [-0.05, 0) is 23.6 Å². The van der Waals surface area contributed by atoms with Crippen molar-refractivity contribution in [3.05, 3.63) is 46.5 Å². The standard InChI is InChI=1S/C14H12N2O3S2/c1-18-7-9-4-5-11(19-9)13(17)16-14-15-10(8-21-14)12-3-2-6-20-12/h2-6,8H,7H2,1H3,(H,15,16,17). The number of amides is 1. The van der Waals surface area contributed by atoms with Crippen LogP contribution in [0.15, 0.2) is 39.4 Å². The van der Waals surface area contributed by atoms with E-state index in [0.29, 0.717) is 17.5 Å². The van der Waals surface area contributed by atoms with Crippen molar-refractivity contribution in [1.29, 1.82) is 0 Å². The van der Waals surface area contributed by atoms with Crippen LogP contribution in [0.1, 0.15) is 16.3 Å². The van der Waals surface area contributed by atoms with Crippen molar-refractivity contribution in [3.8, 4) is 10.6 Å². The Labute approximate surface area is 129 Å². The molecule has 0 bridgehead atoms. The third-order valence-electron chi connectivity index (χ3n) is 2.67. The number of aromatic nitrogens is 1. The summed E-state index contributed by atoms with van der Waals surface area (Å²) < 4.78 is 10.3. The molecule has 0 saturated carbocycles. The van der Waals surface area contributed by atoms with Crippen molar-refractivity contribution in [2.45, 2.75) is 6.61 Å². The van der Waals surface area contributed by atoms with Crippen LogP contribution in [0.25, 0.3) is 10.6 Å². The molecule has 108 valence electrons. The Bertz CT molecular complexity index is 731. The largest absolute Gasteiger partial charge is 0.453 e. The summed E-state index contributed by atoms with van der Waals surface area (Å²) in [4.78, 5) is 17.5. The highest BCUT2D eigenvalue weighted by atomic mass is 32.1. The van der Waals surface area contributed by atoms with Gasteiger partial charge in [-0.15, -0.1) is 22.7 Å². The number of anilines is 1. The molecule has 0 unspecified atom stereocenters. The zero-order valence-electron chi connectivity index (χ0n) is 11.2. The van der Waals surface area contributed by atoms with Crippen LogP contribution in [-0.2, 0) is 11.3 Å². The van der Waals surface area contributed by atoms with E-state index in [1.165, 1.54) is 11.3 Å². The molecule has 0 aliphatic rings. The van der Waals surface area contributed by atoms with Crippen LogP contribution >= 0.6 is 22.7 Å². The number of nitrogens with one attached hydrogen (secondary N) is 1. The lowest BCUT2D eigenvalue weighted by atomic mass is 10.4. The topological polar surface area (TPSA) is 64.4 Å². The van der Waals surface area contributed by atoms with Crippen LogP contribution in [0.5, 0.6) is 0 Å². The van der Waals surface area contributed by atoms with Crippen molar-refractivity contribution >= 4 is 33.7 Å². The Morgan fingerprint density at radius 3 is 3.05 bits per heavy atom. The summed E-state index contributed by atoms with van der Waals surface area (Å²) in [7, 11) is 1.57. The lowest BCUT2D eigenvalue weighted by molar-refractivity contribution is 0.0987. The molecule has 3 aromatic rings. The van der Waals surface area contributed by atoms with Gasteiger partial charge in [0.2, 0.25) is 0 Å². The van der Waals surface area contributed by atoms with Crippen LogP contribution in [0.3, 0.4) is 0 Å². The van der Waals surface area contributed by atoms with Gasteiger partial charge in [0.1, 0.15) is 12.4 Å². The van der Waals surface area contributed by atoms with Gasteiger partial charge in [-0.2, -0.15) is 0 Å². The van der Waals surface area contributed by atoms with Crippen LogP contribution in [0.4, 0.5) is 5.13 Å². The third-order valence-corrected chi connectivity index (χ3v) is 4.32. The van der Waals surface area contributed by atoms with Crippen LogP contribution in [0, 0.1) is 0 Å². The summed E-state index contributed by atoms with van der Waals surface area (Å²) in [5, 5.41) is 7.19. The molecule has 3 heterocycles. The Morgan fingerprint density at radius 2 is 2.29 bits per heavy atom. The minimum Gasteiger partial charge on any atom is -0.453 e. The number of rotatable bonds is 5. The fourth-order valence-corrected chi connectivity index (χ4v) is 3.21. The maximum atomic E-state index is 12.1. The zero-order valence-corrected chi connectivity index (χ0v) is 12.8. The van der Waals surface area contributed by atoms with Crippen molar-refractivity contribution in [2.75, 3.05) is 12.4 Å².